The predicted molar refractivity (Wildman–Crippen MR) is 104 cm³/mol. The van der Waals surface area contributed by atoms with Crippen molar-refractivity contribution in [2.75, 3.05) is 33.0 Å². The average molecular weight is 407 g/mol. The second-order valence-electron chi connectivity index (χ2n) is 6.27. The fourth-order valence-corrected chi connectivity index (χ4v) is 3.59. The van der Waals surface area contributed by atoms with Gasteiger partial charge in [0.1, 0.15) is 0 Å². The maximum Gasteiger partial charge on any atom is 0.286 e. The van der Waals surface area contributed by atoms with E-state index in [4.69, 9.17) is 19.3 Å². The summed E-state index contributed by atoms with van der Waals surface area (Å²) < 4.78 is 16.7. The van der Waals surface area contributed by atoms with Crippen molar-refractivity contribution >= 4 is 17.2 Å². The molecule has 0 aromatic carbocycles. The highest BCUT2D eigenvalue weighted by Gasteiger charge is 2.28. The second-order valence-corrected chi connectivity index (χ2v) is 7.05. The van der Waals surface area contributed by atoms with E-state index in [1.54, 1.807) is 23.9 Å². The Morgan fingerprint density at radius 3 is 3.11 bits per heavy atom. The number of carbonyl (C=O) groups excluding carboxylic acids is 1. The molecule has 8 nitrogen and oxygen atoms in total. The monoisotopic (exact) mass is 407 g/mol. The van der Waals surface area contributed by atoms with Crippen LogP contribution < -0.4 is 5.32 Å². The number of H-pyrrole nitrogens is 1. The van der Waals surface area contributed by atoms with E-state index in [1.165, 1.54) is 0 Å². The van der Waals surface area contributed by atoms with E-state index in [0.29, 0.717) is 32.6 Å². The highest BCUT2D eigenvalue weighted by Crippen LogP contribution is 2.32. The van der Waals surface area contributed by atoms with Crippen molar-refractivity contribution in [3.63, 3.8) is 0 Å². The molecule has 3 N–H and O–H groups in total. The number of amides is 1. The molecule has 2 aromatic rings. The third-order valence-electron chi connectivity index (χ3n) is 4.25. The van der Waals surface area contributed by atoms with Crippen LogP contribution in [0.1, 0.15) is 23.6 Å². The molecule has 3 rings (SSSR count). The minimum Gasteiger partial charge on any atom is -0.459 e. The number of nitrogens with zero attached hydrogens (tertiary/aromatic N) is 1. The summed E-state index contributed by atoms with van der Waals surface area (Å²) in [4.78, 5) is 19.5. The number of hydrogen-bond donors (Lipinski definition) is 3. The quantitative estimate of drug-likeness (QED) is 0.488. The molecule has 152 valence electrons. The van der Waals surface area contributed by atoms with Gasteiger partial charge in [-0.2, -0.15) is 11.3 Å². The SMILES string of the molecule is O=C(NCCc1cnc[nH]1)C1=C[C@@H](c2ccsc2)C[C@@H](OCCOCCO)O1. The summed E-state index contributed by atoms with van der Waals surface area (Å²) in [6, 6.07) is 2.05. The smallest absolute Gasteiger partial charge is 0.286 e. The van der Waals surface area contributed by atoms with E-state index in [2.05, 4.69) is 20.7 Å². The highest BCUT2D eigenvalue weighted by atomic mass is 32.1. The zero-order chi connectivity index (χ0) is 19.6. The van der Waals surface area contributed by atoms with Crippen LogP contribution in [0.2, 0.25) is 0 Å². The lowest BCUT2D eigenvalue weighted by molar-refractivity contribution is -0.151. The molecule has 28 heavy (non-hydrogen) atoms. The molecule has 1 aliphatic rings. The number of aliphatic hydroxyl groups is 1. The zero-order valence-electron chi connectivity index (χ0n) is 15.5. The molecule has 3 heterocycles. The molecule has 2 aromatic heterocycles. The number of aromatic nitrogens is 2. The van der Waals surface area contributed by atoms with Crippen molar-refractivity contribution in [3.05, 3.63) is 52.4 Å². The number of imidazole rings is 1. The maximum absolute atomic E-state index is 12.6. The lowest BCUT2D eigenvalue weighted by Crippen LogP contribution is -2.34. The maximum atomic E-state index is 12.6. The topological polar surface area (TPSA) is 106 Å². The lowest BCUT2D eigenvalue weighted by atomic mass is 9.95. The van der Waals surface area contributed by atoms with E-state index < -0.39 is 6.29 Å². The van der Waals surface area contributed by atoms with E-state index in [-0.39, 0.29) is 30.8 Å². The largest absolute Gasteiger partial charge is 0.459 e. The molecule has 1 aliphatic heterocycles. The minimum absolute atomic E-state index is 0.0221. The first kappa shape index (κ1) is 20.5. The molecule has 0 saturated heterocycles. The van der Waals surface area contributed by atoms with E-state index in [0.717, 1.165) is 11.3 Å². The second kappa shape index (κ2) is 11.0. The lowest BCUT2D eigenvalue weighted by Gasteiger charge is -2.29. The predicted octanol–water partition coefficient (Wildman–Crippen LogP) is 1.57. The fourth-order valence-electron chi connectivity index (χ4n) is 2.86. The fraction of sp³-hybridized carbons (Fsp3) is 0.474. The summed E-state index contributed by atoms with van der Waals surface area (Å²) in [5.41, 5.74) is 2.10. The molecule has 0 fully saturated rings. The van der Waals surface area contributed by atoms with Crippen LogP contribution in [0.15, 0.2) is 41.2 Å². The summed E-state index contributed by atoms with van der Waals surface area (Å²) in [5.74, 6) is 0.0645. The van der Waals surface area contributed by atoms with Crippen molar-refractivity contribution in [3.8, 4) is 0 Å². The Kier molecular flexibility index (Phi) is 8.04. The molecule has 0 saturated carbocycles. The third kappa shape index (κ3) is 6.16. The molecule has 0 bridgehead atoms. The molecule has 0 spiro atoms. The summed E-state index contributed by atoms with van der Waals surface area (Å²) in [6.45, 7) is 1.42. The first-order valence-corrected chi connectivity index (χ1v) is 10.2. The number of aromatic amines is 1. The number of carbonyl (C=O) groups is 1. The van der Waals surface area contributed by atoms with Crippen LogP contribution in [-0.2, 0) is 25.4 Å². The highest BCUT2D eigenvalue weighted by molar-refractivity contribution is 7.08. The number of rotatable bonds is 11. The first-order valence-electron chi connectivity index (χ1n) is 9.22. The van der Waals surface area contributed by atoms with Gasteiger partial charge in [-0.3, -0.25) is 4.79 Å². The molecular formula is C19H25N3O5S. The van der Waals surface area contributed by atoms with E-state index in [1.807, 2.05) is 17.5 Å². The van der Waals surface area contributed by atoms with Crippen molar-refractivity contribution in [2.24, 2.45) is 0 Å². The van der Waals surface area contributed by atoms with Crippen LogP contribution in [0.5, 0.6) is 0 Å². The van der Waals surface area contributed by atoms with Gasteiger partial charge in [-0.25, -0.2) is 4.98 Å². The van der Waals surface area contributed by atoms with Gasteiger partial charge < -0.3 is 29.6 Å². The Morgan fingerprint density at radius 2 is 2.36 bits per heavy atom. The summed E-state index contributed by atoms with van der Waals surface area (Å²) in [7, 11) is 0. The first-order chi connectivity index (χ1) is 13.8. The number of thiophene rings is 1. The van der Waals surface area contributed by atoms with Gasteiger partial charge in [-0.05, 0) is 28.5 Å². The number of ether oxygens (including phenoxy) is 3. The van der Waals surface area contributed by atoms with Gasteiger partial charge in [-0.1, -0.05) is 0 Å². The third-order valence-corrected chi connectivity index (χ3v) is 4.96. The van der Waals surface area contributed by atoms with Crippen LogP contribution in [0.4, 0.5) is 0 Å². The number of allylic oxidation sites excluding steroid dienone is 1. The molecule has 0 radical (unpaired) electrons. The van der Waals surface area contributed by atoms with Crippen molar-refractivity contribution in [2.45, 2.75) is 25.0 Å². The molecule has 0 unspecified atom stereocenters. The molecule has 2 atom stereocenters. The van der Waals surface area contributed by atoms with Crippen LogP contribution in [0.25, 0.3) is 0 Å². The summed E-state index contributed by atoms with van der Waals surface area (Å²) in [5, 5.41) is 15.7. The Bertz CT molecular complexity index is 733. The van der Waals surface area contributed by atoms with Gasteiger partial charge in [0, 0.05) is 37.2 Å². The van der Waals surface area contributed by atoms with Crippen molar-refractivity contribution < 1.29 is 24.1 Å². The molecule has 9 heteroatoms. The number of aliphatic hydroxyl groups excluding tert-OH is 1. The molecular weight excluding hydrogens is 382 g/mol. The van der Waals surface area contributed by atoms with E-state index >= 15 is 0 Å². The van der Waals surface area contributed by atoms with E-state index in [9.17, 15) is 4.79 Å². The standard InChI is InChI=1S/C19H25N3O5S/c23-4-5-25-6-7-26-18-10-15(14-2-8-28-12-14)9-17(27-18)19(24)21-3-1-16-11-20-13-22-16/h2,8-9,11-13,15,18,23H,1,3-7,10H2,(H,20,22)(H,21,24)/t15-,18+/m1/s1. The van der Waals surface area contributed by atoms with Crippen molar-refractivity contribution in [1.29, 1.82) is 0 Å². The Labute approximate surface area is 167 Å². The van der Waals surface area contributed by atoms with Gasteiger partial charge in [0.2, 0.25) is 6.29 Å². The normalized spacial score (nSPS) is 19.1. The van der Waals surface area contributed by atoms with Gasteiger partial charge >= 0.3 is 0 Å². The van der Waals surface area contributed by atoms with Crippen LogP contribution >= 0.6 is 11.3 Å². The molecule has 1 amide bonds. The summed E-state index contributed by atoms with van der Waals surface area (Å²) >= 11 is 1.62. The Hall–Kier alpha value is -2.20. The molecule has 0 aliphatic carbocycles. The van der Waals surface area contributed by atoms with Gasteiger partial charge in [-0.15, -0.1) is 0 Å². The van der Waals surface area contributed by atoms with Crippen LogP contribution in [0, 0.1) is 0 Å². The summed E-state index contributed by atoms with van der Waals surface area (Å²) in [6.07, 6.45) is 5.97. The number of hydrogen-bond acceptors (Lipinski definition) is 7. The van der Waals surface area contributed by atoms with Crippen LogP contribution in [0.3, 0.4) is 0 Å². The Morgan fingerprint density at radius 1 is 1.43 bits per heavy atom. The van der Waals surface area contributed by atoms with Gasteiger partial charge in [0.15, 0.2) is 5.76 Å². The minimum atomic E-state index is -0.527. The van der Waals surface area contributed by atoms with Crippen molar-refractivity contribution in [1.82, 2.24) is 15.3 Å². The van der Waals surface area contributed by atoms with Gasteiger partial charge in [0.05, 0.1) is 32.8 Å². The van der Waals surface area contributed by atoms with Crippen LogP contribution in [-0.4, -0.2) is 60.2 Å². The Balaban J connectivity index is 1.55. The van der Waals surface area contributed by atoms with Gasteiger partial charge in [0.25, 0.3) is 5.91 Å². The number of nitrogens with one attached hydrogen (secondary N) is 2. The zero-order valence-corrected chi connectivity index (χ0v) is 16.3. The average Bonchev–Trinajstić information content (AvgIpc) is 3.42.